The molecule has 0 radical (unpaired) electrons. The molecule has 0 aliphatic heterocycles. The van der Waals surface area contributed by atoms with Crippen LogP contribution >= 0.6 is 22.9 Å². The number of rotatable bonds is 6. The van der Waals surface area contributed by atoms with Crippen LogP contribution in [0.15, 0.2) is 59.7 Å². The number of aryl methyl sites for hydroxylation is 1. The van der Waals surface area contributed by atoms with E-state index in [0.29, 0.717) is 12.6 Å². The molecule has 1 atom stereocenters. The van der Waals surface area contributed by atoms with E-state index in [4.69, 9.17) is 16.3 Å². The first-order chi connectivity index (χ1) is 15.6. The van der Waals surface area contributed by atoms with Crippen molar-refractivity contribution in [1.82, 2.24) is 14.9 Å². The Morgan fingerprint density at radius 1 is 1.25 bits per heavy atom. The van der Waals surface area contributed by atoms with Gasteiger partial charge < -0.3 is 10.1 Å². The normalized spacial score (nSPS) is 15.6. The van der Waals surface area contributed by atoms with Gasteiger partial charge in [-0.2, -0.15) is 0 Å². The van der Waals surface area contributed by atoms with Gasteiger partial charge in [0.15, 0.2) is 0 Å². The minimum absolute atomic E-state index is 0.0396. The highest BCUT2D eigenvalue weighted by atomic mass is 35.5. The summed E-state index contributed by atoms with van der Waals surface area (Å²) in [5, 5.41) is 5.22. The van der Waals surface area contributed by atoms with E-state index in [-0.39, 0.29) is 5.56 Å². The number of aromatic nitrogens is 2. The number of halogens is 1. The molecule has 1 unspecified atom stereocenters. The van der Waals surface area contributed by atoms with Crippen LogP contribution in [0.5, 0.6) is 5.75 Å². The van der Waals surface area contributed by atoms with Crippen molar-refractivity contribution in [3.8, 4) is 5.75 Å². The summed E-state index contributed by atoms with van der Waals surface area (Å²) < 4.78 is 7.01. The Kier molecular flexibility index (Phi) is 6.00. The Morgan fingerprint density at radius 2 is 2.12 bits per heavy atom. The van der Waals surface area contributed by atoms with E-state index in [1.54, 1.807) is 29.3 Å². The molecule has 5 nitrogen and oxygen atoms in total. The monoisotopic (exact) mass is 465 g/mol. The highest BCUT2D eigenvalue weighted by Gasteiger charge is 2.25. The average molecular weight is 466 g/mol. The maximum atomic E-state index is 13.3. The maximum Gasteiger partial charge on any atom is 0.262 e. The number of nitrogens with one attached hydrogen (secondary N) is 1. The van der Waals surface area contributed by atoms with Crippen molar-refractivity contribution in [2.45, 2.75) is 38.4 Å². The van der Waals surface area contributed by atoms with Crippen LogP contribution in [-0.4, -0.2) is 22.7 Å². The molecule has 0 bridgehead atoms. The largest absolute Gasteiger partial charge is 0.497 e. The van der Waals surface area contributed by atoms with Crippen molar-refractivity contribution in [3.63, 3.8) is 0 Å². The molecular formula is C25H24ClN3O2S. The van der Waals surface area contributed by atoms with Crippen LogP contribution in [0.4, 0.5) is 0 Å². The Balaban J connectivity index is 1.37. The third-order valence-corrected chi connectivity index (χ3v) is 7.59. The van der Waals surface area contributed by atoms with Crippen LogP contribution in [0.2, 0.25) is 5.02 Å². The van der Waals surface area contributed by atoms with Gasteiger partial charge in [0.25, 0.3) is 5.56 Å². The summed E-state index contributed by atoms with van der Waals surface area (Å²) in [4.78, 5) is 20.1. The standard InChI is InChI=1S/C25H24ClN3O2S/c1-31-19-7-4-5-16(11-19)14-29-15-28-24-23(25(29)30)20-10-9-18(12-22(20)32-24)27-13-17-6-2-3-8-21(17)26/h2-8,11,15,18,27H,9-10,12-14H2,1H3. The van der Waals surface area contributed by atoms with E-state index in [1.807, 2.05) is 42.5 Å². The lowest BCUT2D eigenvalue weighted by Gasteiger charge is -2.23. The van der Waals surface area contributed by atoms with Crippen LogP contribution in [-0.2, 0) is 25.9 Å². The summed E-state index contributed by atoms with van der Waals surface area (Å²) in [5.41, 5.74) is 3.34. The summed E-state index contributed by atoms with van der Waals surface area (Å²) in [5.74, 6) is 0.785. The minimum atomic E-state index is 0.0396. The van der Waals surface area contributed by atoms with Gasteiger partial charge in [0.2, 0.25) is 0 Å². The van der Waals surface area contributed by atoms with Gasteiger partial charge in [0.05, 0.1) is 25.4 Å². The highest BCUT2D eigenvalue weighted by molar-refractivity contribution is 7.18. The van der Waals surface area contributed by atoms with Crippen LogP contribution in [0, 0.1) is 0 Å². The fourth-order valence-electron chi connectivity index (χ4n) is 4.35. The summed E-state index contributed by atoms with van der Waals surface area (Å²) in [6.45, 7) is 1.22. The van der Waals surface area contributed by atoms with Crippen LogP contribution in [0.25, 0.3) is 10.2 Å². The molecule has 0 spiro atoms. The zero-order valence-electron chi connectivity index (χ0n) is 17.8. The molecule has 0 saturated carbocycles. The van der Waals surface area contributed by atoms with E-state index in [0.717, 1.165) is 57.9 Å². The third-order valence-electron chi connectivity index (χ3n) is 6.06. The molecule has 1 aliphatic rings. The lowest BCUT2D eigenvalue weighted by atomic mass is 9.93. The van der Waals surface area contributed by atoms with Gasteiger partial charge >= 0.3 is 0 Å². The highest BCUT2D eigenvalue weighted by Crippen LogP contribution is 2.34. The number of hydrogen-bond acceptors (Lipinski definition) is 5. The van der Waals surface area contributed by atoms with Crippen molar-refractivity contribution in [2.24, 2.45) is 0 Å². The SMILES string of the molecule is COc1cccc(Cn2cnc3sc4c(c3c2=O)CCC(NCc2ccccc2Cl)C4)c1. The second-order valence-electron chi connectivity index (χ2n) is 8.13. The number of nitrogens with zero attached hydrogens (tertiary/aromatic N) is 2. The number of thiophene rings is 1. The Bertz CT molecular complexity index is 1330. The van der Waals surface area contributed by atoms with Gasteiger partial charge in [-0.3, -0.25) is 9.36 Å². The topological polar surface area (TPSA) is 56.2 Å². The average Bonchev–Trinajstić information content (AvgIpc) is 3.19. The lowest BCUT2D eigenvalue weighted by molar-refractivity contribution is 0.414. The van der Waals surface area contributed by atoms with Gasteiger partial charge in [-0.1, -0.05) is 41.9 Å². The molecule has 7 heteroatoms. The molecule has 4 aromatic rings. The van der Waals surface area contributed by atoms with Crippen molar-refractivity contribution >= 4 is 33.2 Å². The molecule has 32 heavy (non-hydrogen) atoms. The zero-order valence-corrected chi connectivity index (χ0v) is 19.4. The number of ether oxygens (including phenoxy) is 1. The van der Waals surface area contributed by atoms with E-state index in [1.165, 1.54) is 10.4 Å². The van der Waals surface area contributed by atoms with Gasteiger partial charge in [0.1, 0.15) is 10.6 Å². The van der Waals surface area contributed by atoms with Crippen molar-refractivity contribution in [2.75, 3.05) is 7.11 Å². The molecule has 0 amide bonds. The van der Waals surface area contributed by atoms with Gasteiger partial charge in [-0.25, -0.2) is 4.98 Å². The first-order valence-corrected chi connectivity index (χ1v) is 11.9. The predicted molar refractivity (Wildman–Crippen MR) is 130 cm³/mol. The smallest absolute Gasteiger partial charge is 0.262 e. The first-order valence-electron chi connectivity index (χ1n) is 10.7. The Hall–Kier alpha value is -2.67. The zero-order chi connectivity index (χ0) is 22.1. The van der Waals surface area contributed by atoms with E-state index >= 15 is 0 Å². The van der Waals surface area contributed by atoms with E-state index < -0.39 is 0 Å². The molecule has 0 fully saturated rings. The van der Waals surface area contributed by atoms with Crippen LogP contribution < -0.4 is 15.6 Å². The molecule has 164 valence electrons. The van der Waals surface area contributed by atoms with Crippen molar-refractivity contribution in [3.05, 3.63) is 91.8 Å². The quantitative estimate of drug-likeness (QED) is 0.443. The molecular weight excluding hydrogens is 442 g/mol. The van der Waals surface area contributed by atoms with Crippen LogP contribution in [0.3, 0.4) is 0 Å². The van der Waals surface area contributed by atoms with Crippen molar-refractivity contribution < 1.29 is 4.74 Å². The second-order valence-corrected chi connectivity index (χ2v) is 9.62. The molecule has 1 aliphatic carbocycles. The number of methoxy groups -OCH3 is 1. The molecule has 5 rings (SSSR count). The maximum absolute atomic E-state index is 13.3. The third kappa shape index (κ3) is 4.18. The molecule has 2 aromatic carbocycles. The van der Waals surface area contributed by atoms with E-state index in [2.05, 4.69) is 16.4 Å². The molecule has 2 heterocycles. The van der Waals surface area contributed by atoms with E-state index in [9.17, 15) is 4.79 Å². The molecule has 2 aromatic heterocycles. The van der Waals surface area contributed by atoms with Gasteiger partial charge in [0, 0.05) is 22.5 Å². The minimum Gasteiger partial charge on any atom is -0.497 e. The van der Waals surface area contributed by atoms with Gasteiger partial charge in [-0.05, 0) is 54.2 Å². The fraction of sp³-hybridized carbons (Fsp3) is 0.280. The summed E-state index contributed by atoms with van der Waals surface area (Å²) in [6, 6.07) is 16.1. The number of fused-ring (bicyclic) bond motifs is 3. The van der Waals surface area contributed by atoms with Crippen molar-refractivity contribution in [1.29, 1.82) is 0 Å². The summed E-state index contributed by atoms with van der Waals surface area (Å²) in [7, 11) is 1.65. The Morgan fingerprint density at radius 3 is 2.97 bits per heavy atom. The molecule has 1 N–H and O–H groups in total. The summed E-state index contributed by atoms with van der Waals surface area (Å²) >= 11 is 7.95. The lowest BCUT2D eigenvalue weighted by Crippen LogP contribution is -2.34. The fourth-order valence-corrected chi connectivity index (χ4v) is 5.81. The molecule has 0 saturated heterocycles. The Labute approximate surface area is 195 Å². The number of benzene rings is 2. The predicted octanol–water partition coefficient (Wildman–Crippen LogP) is 4.82. The second kappa shape index (κ2) is 9.06. The first kappa shape index (κ1) is 21.2. The summed E-state index contributed by atoms with van der Waals surface area (Å²) in [6.07, 6.45) is 4.46. The van der Waals surface area contributed by atoms with Crippen LogP contribution in [0.1, 0.15) is 28.0 Å². The van der Waals surface area contributed by atoms with Gasteiger partial charge in [-0.15, -0.1) is 11.3 Å². The number of hydrogen-bond donors (Lipinski definition) is 1.